The predicted molar refractivity (Wildman–Crippen MR) is 108 cm³/mol. The van der Waals surface area contributed by atoms with Gasteiger partial charge in [-0.1, -0.05) is 6.07 Å². The highest BCUT2D eigenvalue weighted by Gasteiger charge is 2.25. The van der Waals surface area contributed by atoms with Crippen molar-refractivity contribution in [1.82, 2.24) is 9.62 Å². The van der Waals surface area contributed by atoms with Crippen LogP contribution in [0.2, 0.25) is 0 Å². The number of rotatable bonds is 4. The van der Waals surface area contributed by atoms with Crippen molar-refractivity contribution in [3.8, 4) is 0 Å². The van der Waals surface area contributed by atoms with Gasteiger partial charge in [-0.3, -0.25) is 4.79 Å². The average Bonchev–Trinajstić information content (AvgIpc) is 2.66. The summed E-state index contributed by atoms with van der Waals surface area (Å²) >= 11 is 0. The van der Waals surface area contributed by atoms with E-state index in [1.54, 1.807) is 37.8 Å². The van der Waals surface area contributed by atoms with E-state index in [4.69, 9.17) is 0 Å². The Morgan fingerprint density at radius 2 is 1.68 bits per heavy atom. The van der Waals surface area contributed by atoms with Crippen molar-refractivity contribution in [2.75, 3.05) is 31.1 Å². The van der Waals surface area contributed by atoms with Crippen molar-refractivity contribution >= 4 is 21.6 Å². The molecule has 1 aromatic heterocycles. The molecule has 150 valence electrons. The minimum atomic E-state index is -3.68. The molecule has 2 aromatic rings. The van der Waals surface area contributed by atoms with Crippen molar-refractivity contribution < 1.29 is 18.2 Å². The van der Waals surface area contributed by atoms with Gasteiger partial charge in [0.1, 0.15) is 0 Å². The lowest BCUT2D eigenvalue weighted by molar-refractivity contribution is -0.377. The molecule has 0 aliphatic carbocycles. The molecule has 1 aromatic carbocycles. The number of aromatic nitrogens is 1. The quantitative estimate of drug-likeness (QED) is 0.839. The number of hydrogen-bond acceptors (Lipinski definition) is 4. The molecule has 0 radical (unpaired) electrons. The van der Waals surface area contributed by atoms with E-state index in [0.717, 1.165) is 18.8 Å². The molecule has 0 unspecified atom stereocenters. The van der Waals surface area contributed by atoms with Crippen LogP contribution in [0.5, 0.6) is 0 Å². The van der Waals surface area contributed by atoms with Gasteiger partial charge in [0.2, 0.25) is 10.0 Å². The summed E-state index contributed by atoms with van der Waals surface area (Å²) in [6.07, 6.45) is 3.76. The molecule has 1 fully saturated rings. The summed E-state index contributed by atoms with van der Waals surface area (Å²) in [5, 5.41) is 0. The summed E-state index contributed by atoms with van der Waals surface area (Å²) in [4.78, 5) is 20.0. The molecule has 8 heteroatoms. The topological polar surface area (TPSA) is 83.9 Å². The summed E-state index contributed by atoms with van der Waals surface area (Å²) in [5.74, 6) is -0.145. The standard InChI is InChI=1S/C20H26N4O3S/c1-20(2,3)22-28(26,27)18-6-4-5-16(15-18)19(25)24-13-11-23(12-14-24)17-7-9-21-10-8-17/h4-10,15,22H,11-14H2,1-3H3/p+1. The van der Waals surface area contributed by atoms with E-state index in [1.165, 1.54) is 12.1 Å². The zero-order valence-corrected chi connectivity index (χ0v) is 17.3. The van der Waals surface area contributed by atoms with Crippen LogP contribution in [-0.2, 0) is 10.0 Å². The molecule has 2 heterocycles. The van der Waals surface area contributed by atoms with E-state index in [1.807, 2.05) is 24.5 Å². The third-order valence-electron chi connectivity index (χ3n) is 4.46. The van der Waals surface area contributed by atoms with E-state index in [9.17, 15) is 13.2 Å². The lowest BCUT2D eigenvalue weighted by Gasteiger charge is -2.35. The molecule has 3 rings (SSSR count). The molecule has 28 heavy (non-hydrogen) atoms. The average molecular weight is 404 g/mol. The van der Waals surface area contributed by atoms with Gasteiger partial charge in [0.05, 0.1) is 4.90 Å². The first-order valence-corrected chi connectivity index (χ1v) is 10.8. The summed E-state index contributed by atoms with van der Waals surface area (Å²) in [5.41, 5.74) is 0.913. The zero-order valence-electron chi connectivity index (χ0n) is 16.5. The molecular weight excluding hydrogens is 376 g/mol. The van der Waals surface area contributed by atoms with E-state index >= 15 is 0 Å². The molecule has 0 bridgehead atoms. The summed E-state index contributed by atoms with van der Waals surface area (Å²) in [7, 11) is -3.68. The van der Waals surface area contributed by atoms with Crippen LogP contribution in [-0.4, -0.2) is 50.9 Å². The molecule has 1 saturated heterocycles. The van der Waals surface area contributed by atoms with E-state index in [2.05, 4.69) is 14.6 Å². The Balaban J connectivity index is 1.70. The number of amides is 1. The number of carbonyl (C=O) groups excluding carboxylic acids is 1. The van der Waals surface area contributed by atoms with E-state index in [-0.39, 0.29) is 10.8 Å². The van der Waals surface area contributed by atoms with Crippen LogP contribution in [0.1, 0.15) is 31.1 Å². The fourth-order valence-corrected chi connectivity index (χ4v) is 4.66. The number of nitrogens with zero attached hydrogens (tertiary/aromatic N) is 2. The van der Waals surface area contributed by atoms with Crippen LogP contribution >= 0.6 is 0 Å². The molecule has 0 saturated carbocycles. The Labute approximate surface area is 166 Å². The number of carbonyl (C=O) groups is 1. The zero-order chi connectivity index (χ0) is 20.4. The highest BCUT2D eigenvalue weighted by atomic mass is 32.2. The molecule has 1 aliphatic rings. The van der Waals surface area contributed by atoms with E-state index < -0.39 is 15.6 Å². The van der Waals surface area contributed by atoms with Crippen LogP contribution in [0.15, 0.2) is 53.7 Å². The van der Waals surface area contributed by atoms with Gasteiger partial charge in [-0.2, -0.15) is 0 Å². The molecule has 0 atom stereocenters. The first-order chi connectivity index (χ1) is 13.2. The smallest absolute Gasteiger partial charge is 0.254 e. The van der Waals surface area contributed by atoms with Gasteiger partial charge >= 0.3 is 0 Å². The number of anilines is 1. The molecule has 0 spiro atoms. The van der Waals surface area contributed by atoms with Gasteiger partial charge in [0, 0.05) is 55.1 Å². The SMILES string of the molecule is CC(C)(C)NS(=O)(=O)c1cccc(C(=O)N2CCN(c3cc[nH+]cc3)CC2)c1. The molecule has 2 N–H and O–H groups in total. The number of pyridine rings is 1. The Hall–Kier alpha value is -2.45. The predicted octanol–water partition coefficient (Wildman–Crippen LogP) is 1.54. The van der Waals surface area contributed by atoms with Crippen LogP contribution in [0, 0.1) is 0 Å². The fraction of sp³-hybridized carbons (Fsp3) is 0.400. The van der Waals surface area contributed by atoms with E-state index in [0.29, 0.717) is 18.7 Å². The van der Waals surface area contributed by atoms with Gasteiger partial charge in [0.15, 0.2) is 12.4 Å². The normalized spacial score (nSPS) is 15.5. The molecule has 1 amide bonds. The van der Waals surface area contributed by atoms with Crippen LogP contribution in [0.25, 0.3) is 0 Å². The largest absolute Gasteiger partial charge is 0.368 e. The highest BCUT2D eigenvalue weighted by molar-refractivity contribution is 7.89. The Morgan fingerprint density at radius 3 is 2.29 bits per heavy atom. The number of sulfonamides is 1. The van der Waals surface area contributed by atoms with Gasteiger partial charge in [-0.15, -0.1) is 0 Å². The summed E-state index contributed by atoms with van der Waals surface area (Å²) < 4.78 is 27.7. The summed E-state index contributed by atoms with van der Waals surface area (Å²) in [6, 6.07) is 10.3. The van der Waals surface area contributed by atoms with Crippen molar-refractivity contribution in [1.29, 1.82) is 0 Å². The van der Waals surface area contributed by atoms with Gasteiger partial charge in [0.25, 0.3) is 5.91 Å². The number of H-pyrrole nitrogens is 1. The van der Waals surface area contributed by atoms with Crippen LogP contribution < -0.4 is 14.6 Å². The van der Waals surface area contributed by atoms with Crippen molar-refractivity contribution in [2.24, 2.45) is 0 Å². The number of nitrogens with one attached hydrogen (secondary N) is 2. The van der Waals surface area contributed by atoms with Gasteiger partial charge < -0.3 is 9.80 Å². The lowest BCUT2D eigenvalue weighted by atomic mass is 10.1. The van der Waals surface area contributed by atoms with Crippen LogP contribution in [0.4, 0.5) is 5.69 Å². The molecular formula is C20H27N4O3S+. The van der Waals surface area contributed by atoms with Crippen molar-refractivity contribution in [2.45, 2.75) is 31.2 Å². The second kappa shape index (κ2) is 7.89. The van der Waals surface area contributed by atoms with Crippen molar-refractivity contribution in [3.63, 3.8) is 0 Å². The number of hydrogen-bond donors (Lipinski definition) is 1. The maximum atomic E-state index is 12.9. The Bertz CT molecular complexity index is 931. The number of benzene rings is 1. The number of piperazine rings is 1. The maximum Gasteiger partial charge on any atom is 0.254 e. The van der Waals surface area contributed by atoms with Gasteiger partial charge in [-0.05, 0) is 39.0 Å². The fourth-order valence-electron chi connectivity index (χ4n) is 3.20. The first-order valence-electron chi connectivity index (χ1n) is 9.30. The monoisotopic (exact) mass is 403 g/mol. The minimum absolute atomic E-state index is 0.104. The maximum absolute atomic E-state index is 12.9. The second-order valence-corrected chi connectivity index (χ2v) is 9.60. The van der Waals surface area contributed by atoms with Crippen molar-refractivity contribution in [3.05, 3.63) is 54.4 Å². The van der Waals surface area contributed by atoms with Gasteiger partial charge in [-0.25, -0.2) is 18.1 Å². The molecule has 1 aliphatic heterocycles. The second-order valence-electron chi connectivity index (χ2n) is 7.92. The molecule has 7 nitrogen and oxygen atoms in total. The number of aromatic amines is 1. The third-order valence-corrected chi connectivity index (χ3v) is 6.22. The highest BCUT2D eigenvalue weighted by Crippen LogP contribution is 2.18. The minimum Gasteiger partial charge on any atom is -0.368 e. The lowest BCUT2D eigenvalue weighted by Crippen LogP contribution is -2.48. The first kappa shape index (κ1) is 20.3. The Kier molecular flexibility index (Phi) is 5.71. The summed E-state index contributed by atoms with van der Waals surface area (Å²) in [6.45, 7) is 8.00. The van der Waals surface area contributed by atoms with Crippen LogP contribution in [0.3, 0.4) is 0 Å². The Morgan fingerprint density at radius 1 is 1.04 bits per heavy atom. The third kappa shape index (κ3) is 4.88.